The molecule has 0 saturated heterocycles. The third-order valence-electron chi connectivity index (χ3n) is 2.51. The van der Waals surface area contributed by atoms with Crippen molar-refractivity contribution in [3.63, 3.8) is 0 Å². The predicted octanol–water partition coefficient (Wildman–Crippen LogP) is 2.19. The SMILES string of the molecule is Nc1cc2cnn(-c3ccnc(Cl)n3)c2cc1F. The van der Waals surface area contributed by atoms with Gasteiger partial charge in [0, 0.05) is 23.7 Å². The van der Waals surface area contributed by atoms with E-state index in [1.54, 1.807) is 12.3 Å². The first-order valence-electron chi connectivity index (χ1n) is 5.07. The molecule has 0 aliphatic carbocycles. The highest BCUT2D eigenvalue weighted by atomic mass is 35.5. The van der Waals surface area contributed by atoms with Gasteiger partial charge in [0.2, 0.25) is 5.28 Å². The summed E-state index contributed by atoms with van der Waals surface area (Å²) in [5.74, 6) is -0.0291. The average Bonchev–Trinajstić information content (AvgIpc) is 2.73. The summed E-state index contributed by atoms with van der Waals surface area (Å²) in [7, 11) is 0. The molecule has 3 rings (SSSR count). The lowest BCUT2D eigenvalue weighted by Gasteiger charge is -2.03. The Morgan fingerprint density at radius 1 is 1.33 bits per heavy atom. The normalized spacial score (nSPS) is 11.0. The molecule has 7 heteroatoms. The van der Waals surface area contributed by atoms with Crippen molar-refractivity contribution >= 4 is 28.2 Å². The van der Waals surface area contributed by atoms with Crippen LogP contribution in [0.4, 0.5) is 10.1 Å². The standard InChI is InChI=1S/C11H7ClFN5/c12-11-15-2-1-10(17-11)18-9-4-7(13)8(14)3-6(9)5-16-18/h1-5H,14H2. The summed E-state index contributed by atoms with van der Waals surface area (Å²) in [4.78, 5) is 7.80. The molecule has 0 aliphatic heterocycles. The highest BCUT2D eigenvalue weighted by Crippen LogP contribution is 2.22. The van der Waals surface area contributed by atoms with Gasteiger partial charge >= 0.3 is 0 Å². The van der Waals surface area contributed by atoms with Crippen molar-refractivity contribution in [1.82, 2.24) is 19.7 Å². The van der Waals surface area contributed by atoms with Crippen molar-refractivity contribution in [2.24, 2.45) is 0 Å². The smallest absolute Gasteiger partial charge is 0.224 e. The monoisotopic (exact) mass is 263 g/mol. The summed E-state index contributed by atoms with van der Waals surface area (Å²) in [5.41, 5.74) is 6.15. The van der Waals surface area contributed by atoms with Gasteiger partial charge < -0.3 is 5.73 Å². The number of anilines is 1. The first-order chi connectivity index (χ1) is 8.65. The fraction of sp³-hybridized carbons (Fsp3) is 0. The minimum Gasteiger partial charge on any atom is -0.396 e. The second kappa shape index (κ2) is 3.92. The zero-order chi connectivity index (χ0) is 12.7. The van der Waals surface area contributed by atoms with Gasteiger partial charge in [-0.2, -0.15) is 10.1 Å². The van der Waals surface area contributed by atoms with Crippen LogP contribution in [0, 0.1) is 5.82 Å². The molecule has 0 fully saturated rings. The predicted molar refractivity (Wildman–Crippen MR) is 66.0 cm³/mol. The molecule has 0 aliphatic rings. The van der Waals surface area contributed by atoms with Gasteiger partial charge in [-0.1, -0.05) is 0 Å². The summed E-state index contributed by atoms with van der Waals surface area (Å²) < 4.78 is 15.0. The van der Waals surface area contributed by atoms with Gasteiger partial charge in [0.25, 0.3) is 0 Å². The lowest BCUT2D eigenvalue weighted by molar-refractivity contribution is 0.633. The van der Waals surface area contributed by atoms with Gasteiger partial charge in [-0.15, -0.1) is 0 Å². The topological polar surface area (TPSA) is 69.6 Å². The van der Waals surface area contributed by atoms with Crippen LogP contribution in [0.25, 0.3) is 16.7 Å². The van der Waals surface area contributed by atoms with Gasteiger partial charge in [-0.25, -0.2) is 14.1 Å². The molecular weight excluding hydrogens is 257 g/mol. The average molecular weight is 264 g/mol. The van der Waals surface area contributed by atoms with Crippen LogP contribution in [0.1, 0.15) is 0 Å². The van der Waals surface area contributed by atoms with E-state index in [0.29, 0.717) is 11.3 Å². The third kappa shape index (κ3) is 1.67. The van der Waals surface area contributed by atoms with Crippen molar-refractivity contribution in [3.05, 3.63) is 41.7 Å². The Morgan fingerprint density at radius 2 is 2.17 bits per heavy atom. The largest absolute Gasteiger partial charge is 0.396 e. The Kier molecular flexibility index (Phi) is 2.38. The quantitative estimate of drug-likeness (QED) is 0.540. The van der Waals surface area contributed by atoms with Crippen molar-refractivity contribution < 1.29 is 4.39 Å². The zero-order valence-electron chi connectivity index (χ0n) is 9.01. The fourth-order valence-corrected chi connectivity index (χ4v) is 1.84. The van der Waals surface area contributed by atoms with Crippen molar-refractivity contribution in [2.75, 3.05) is 5.73 Å². The van der Waals surface area contributed by atoms with Gasteiger partial charge in [0.15, 0.2) is 5.82 Å². The summed E-state index contributed by atoms with van der Waals surface area (Å²) in [6, 6.07) is 4.47. The van der Waals surface area contributed by atoms with Gasteiger partial charge in [-0.3, -0.25) is 0 Å². The molecule has 0 amide bonds. The second-order valence-electron chi connectivity index (χ2n) is 3.67. The van der Waals surface area contributed by atoms with E-state index in [1.807, 2.05) is 0 Å². The Bertz CT molecular complexity index is 739. The molecule has 1 aromatic carbocycles. The zero-order valence-corrected chi connectivity index (χ0v) is 9.76. The number of halogens is 2. The van der Waals surface area contributed by atoms with E-state index in [0.717, 1.165) is 5.39 Å². The number of fused-ring (bicyclic) bond motifs is 1. The Balaban J connectivity index is 2.27. The van der Waals surface area contributed by atoms with Gasteiger partial charge in [-0.05, 0) is 17.7 Å². The first-order valence-corrected chi connectivity index (χ1v) is 5.44. The highest BCUT2D eigenvalue weighted by Gasteiger charge is 2.09. The van der Waals surface area contributed by atoms with Crippen molar-refractivity contribution in [3.8, 4) is 5.82 Å². The number of hydrogen-bond donors (Lipinski definition) is 1. The van der Waals surface area contributed by atoms with E-state index >= 15 is 0 Å². The second-order valence-corrected chi connectivity index (χ2v) is 4.01. The number of hydrogen-bond acceptors (Lipinski definition) is 4. The van der Waals surface area contributed by atoms with E-state index in [-0.39, 0.29) is 11.0 Å². The lowest BCUT2D eigenvalue weighted by atomic mass is 10.2. The van der Waals surface area contributed by atoms with E-state index < -0.39 is 5.82 Å². The molecule has 0 atom stereocenters. The summed E-state index contributed by atoms with van der Waals surface area (Å²) in [5, 5.41) is 4.96. The minimum absolute atomic E-state index is 0.0859. The maximum absolute atomic E-state index is 13.5. The Labute approximate surface area is 106 Å². The number of nitrogens with zero attached hydrogens (tertiary/aromatic N) is 4. The maximum atomic E-state index is 13.5. The minimum atomic E-state index is -0.496. The molecule has 0 unspecified atom stereocenters. The first kappa shape index (κ1) is 10.9. The van der Waals surface area contributed by atoms with Crippen LogP contribution < -0.4 is 5.73 Å². The Hall–Kier alpha value is -2.21. The van der Waals surface area contributed by atoms with Crippen LogP contribution in [0.5, 0.6) is 0 Å². The van der Waals surface area contributed by atoms with Crippen LogP contribution in [-0.4, -0.2) is 19.7 Å². The summed E-state index contributed by atoms with van der Waals surface area (Å²) in [6.07, 6.45) is 3.09. The lowest BCUT2D eigenvalue weighted by Crippen LogP contribution is -2.00. The van der Waals surface area contributed by atoms with E-state index in [1.165, 1.54) is 23.0 Å². The molecular formula is C11H7ClFN5. The molecule has 2 aromatic heterocycles. The third-order valence-corrected chi connectivity index (χ3v) is 2.70. The van der Waals surface area contributed by atoms with Crippen molar-refractivity contribution in [2.45, 2.75) is 0 Å². The van der Waals surface area contributed by atoms with Crippen LogP contribution in [-0.2, 0) is 0 Å². The molecule has 0 radical (unpaired) electrons. The number of aromatic nitrogens is 4. The number of rotatable bonds is 1. The van der Waals surface area contributed by atoms with Gasteiger partial charge in [0.1, 0.15) is 5.82 Å². The van der Waals surface area contributed by atoms with Crippen LogP contribution in [0.3, 0.4) is 0 Å². The highest BCUT2D eigenvalue weighted by molar-refractivity contribution is 6.28. The fourth-order valence-electron chi connectivity index (χ4n) is 1.69. The molecule has 90 valence electrons. The molecule has 2 heterocycles. The van der Waals surface area contributed by atoms with E-state index in [9.17, 15) is 4.39 Å². The molecule has 2 N–H and O–H groups in total. The van der Waals surface area contributed by atoms with Crippen LogP contribution in [0.2, 0.25) is 5.28 Å². The van der Waals surface area contributed by atoms with Crippen LogP contribution in [0.15, 0.2) is 30.6 Å². The van der Waals surface area contributed by atoms with E-state index in [4.69, 9.17) is 17.3 Å². The molecule has 0 bridgehead atoms. The number of nitrogen functional groups attached to an aromatic ring is 1. The number of benzene rings is 1. The maximum Gasteiger partial charge on any atom is 0.224 e. The van der Waals surface area contributed by atoms with E-state index in [2.05, 4.69) is 15.1 Å². The van der Waals surface area contributed by atoms with Gasteiger partial charge in [0.05, 0.1) is 17.4 Å². The Morgan fingerprint density at radius 3 is 2.94 bits per heavy atom. The van der Waals surface area contributed by atoms with Crippen LogP contribution >= 0.6 is 11.6 Å². The molecule has 5 nitrogen and oxygen atoms in total. The summed E-state index contributed by atoms with van der Waals surface area (Å²) >= 11 is 5.71. The molecule has 18 heavy (non-hydrogen) atoms. The summed E-state index contributed by atoms with van der Waals surface area (Å²) in [6.45, 7) is 0. The number of nitrogens with two attached hydrogens (primary N) is 1. The molecule has 0 saturated carbocycles. The van der Waals surface area contributed by atoms with Crippen molar-refractivity contribution in [1.29, 1.82) is 0 Å². The molecule has 0 spiro atoms. The molecule has 3 aromatic rings.